The Bertz CT molecular complexity index is 235. The van der Waals surface area contributed by atoms with E-state index in [4.69, 9.17) is 4.74 Å². The van der Waals surface area contributed by atoms with E-state index in [1.165, 1.54) is 38.6 Å². The number of hydrogen-bond donors (Lipinski definition) is 1. The van der Waals surface area contributed by atoms with Gasteiger partial charge in [-0.1, -0.05) is 19.8 Å². The van der Waals surface area contributed by atoms with Gasteiger partial charge in [0.25, 0.3) is 0 Å². The molecule has 3 heteroatoms. The Labute approximate surface area is 120 Å². The van der Waals surface area contributed by atoms with Crippen LogP contribution in [0.5, 0.6) is 0 Å². The molecule has 114 valence electrons. The van der Waals surface area contributed by atoms with Crippen molar-refractivity contribution in [3.8, 4) is 0 Å². The first-order valence-corrected chi connectivity index (χ1v) is 7.98. The van der Waals surface area contributed by atoms with Crippen molar-refractivity contribution < 1.29 is 4.74 Å². The lowest BCUT2D eigenvalue weighted by atomic mass is 9.76. The second-order valence-corrected chi connectivity index (χ2v) is 6.37. The molecule has 1 fully saturated rings. The summed E-state index contributed by atoms with van der Waals surface area (Å²) in [5.41, 5.74) is 0. The quantitative estimate of drug-likeness (QED) is 0.734. The van der Waals surface area contributed by atoms with Crippen molar-refractivity contribution in [1.29, 1.82) is 0 Å². The molecular weight excluding hydrogens is 236 g/mol. The molecule has 0 radical (unpaired) electrons. The molecule has 0 aliphatic heterocycles. The molecule has 1 saturated carbocycles. The Morgan fingerprint density at radius 2 is 2.11 bits per heavy atom. The van der Waals surface area contributed by atoms with Crippen LogP contribution in [0.25, 0.3) is 0 Å². The molecule has 4 unspecified atom stereocenters. The highest BCUT2D eigenvalue weighted by molar-refractivity contribution is 4.86. The summed E-state index contributed by atoms with van der Waals surface area (Å²) in [5, 5.41) is 3.54. The third kappa shape index (κ3) is 5.41. The van der Waals surface area contributed by atoms with Gasteiger partial charge in [0, 0.05) is 25.7 Å². The van der Waals surface area contributed by atoms with Crippen molar-refractivity contribution >= 4 is 0 Å². The van der Waals surface area contributed by atoms with E-state index < -0.39 is 0 Å². The van der Waals surface area contributed by atoms with E-state index in [1.807, 2.05) is 0 Å². The van der Waals surface area contributed by atoms with Crippen LogP contribution in [0.15, 0.2) is 0 Å². The van der Waals surface area contributed by atoms with Crippen LogP contribution in [0.2, 0.25) is 0 Å². The van der Waals surface area contributed by atoms with Gasteiger partial charge in [-0.15, -0.1) is 0 Å². The maximum absolute atomic E-state index is 5.27. The molecule has 19 heavy (non-hydrogen) atoms. The van der Waals surface area contributed by atoms with E-state index >= 15 is 0 Å². The standard InChI is InChI=1S/C16H34N2O/c1-6-7-14-8-9-16(17-3)15(10-14)11-18(4)13(2)12-19-5/h13-17H,6-12H2,1-5H3. The number of hydrogen-bond acceptors (Lipinski definition) is 3. The highest BCUT2D eigenvalue weighted by Crippen LogP contribution is 2.32. The average Bonchev–Trinajstić information content (AvgIpc) is 2.39. The van der Waals surface area contributed by atoms with Crippen LogP contribution in [0.1, 0.15) is 46.0 Å². The van der Waals surface area contributed by atoms with Crippen molar-refractivity contribution in [2.45, 2.75) is 58.0 Å². The van der Waals surface area contributed by atoms with Gasteiger partial charge in [-0.3, -0.25) is 0 Å². The van der Waals surface area contributed by atoms with Gasteiger partial charge in [0.05, 0.1) is 6.61 Å². The SMILES string of the molecule is CCCC1CCC(NC)C(CN(C)C(C)COC)C1. The fourth-order valence-electron chi connectivity index (χ4n) is 3.53. The molecule has 1 N–H and O–H groups in total. The molecule has 1 rings (SSSR count). The number of nitrogens with zero attached hydrogens (tertiary/aromatic N) is 1. The number of methoxy groups -OCH3 is 1. The zero-order chi connectivity index (χ0) is 14.3. The molecule has 1 aliphatic carbocycles. The van der Waals surface area contributed by atoms with Crippen LogP contribution in [-0.4, -0.2) is 51.3 Å². The fourth-order valence-corrected chi connectivity index (χ4v) is 3.53. The molecule has 4 atom stereocenters. The van der Waals surface area contributed by atoms with E-state index in [9.17, 15) is 0 Å². The lowest BCUT2D eigenvalue weighted by Crippen LogP contribution is -2.46. The fraction of sp³-hybridized carbons (Fsp3) is 1.00. The minimum absolute atomic E-state index is 0.508. The van der Waals surface area contributed by atoms with Crippen LogP contribution in [0.4, 0.5) is 0 Å². The molecule has 1 aliphatic rings. The molecule has 0 spiro atoms. The van der Waals surface area contributed by atoms with Gasteiger partial charge in [0.15, 0.2) is 0 Å². The highest BCUT2D eigenvalue weighted by Gasteiger charge is 2.30. The lowest BCUT2D eigenvalue weighted by molar-refractivity contribution is 0.0847. The zero-order valence-corrected chi connectivity index (χ0v) is 13.6. The first-order valence-electron chi connectivity index (χ1n) is 7.98. The molecule has 0 heterocycles. The molecule has 0 bridgehead atoms. The van der Waals surface area contributed by atoms with E-state index in [-0.39, 0.29) is 0 Å². The minimum atomic E-state index is 0.508. The summed E-state index contributed by atoms with van der Waals surface area (Å²) in [6.07, 6.45) is 6.89. The Kier molecular flexibility index (Phi) is 7.96. The maximum Gasteiger partial charge on any atom is 0.0615 e. The Morgan fingerprint density at radius 3 is 2.68 bits per heavy atom. The summed E-state index contributed by atoms with van der Waals surface area (Å²) in [5.74, 6) is 1.74. The van der Waals surface area contributed by atoms with Crippen LogP contribution < -0.4 is 5.32 Å². The third-order valence-electron chi connectivity index (χ3n) is 4.84. The van der Waals surface area contributed by atoms with Gasteiger partial charge in [-0.05, 0) is 52.1 Å². The van der Waals surface area contributed by atoms with Crippen LogP contribution in [0.3, 0.4) is 0 Å². The normalized spacial score (nSPS) is 29.7. The Morgan fingerprint density at radius 1 is 1.37 bits per heavy atom. The largest absolute Gasteiger partial charge is 0.383 e. The second-order valence-electron chi connectivity index (χ2n) is 6.37. The number of likely N-dealkylation sites (N-methyl/N-ethyl adjacent to an activating group) is 1. The predicted octanol–water partition coefficient (Wildman–Crippen LogP) is 2.76. The first kappa shape index (κ1) is 16.9. The highest BCUT2D eigenvalue weighted by atomic mass is 16.5. The van der Waals surface area contributed by atoms with Crippen molar-refractivity contribution in [2.75, 3.05) is 34.4 Å². The van der Waals surface area contributed by atoms with Crippen molar-refractivity contribution in [3.63, 3.8) is 0 Å². The zero-order valence-electron chi connectivity index (χ0n) is 13.6. The van der Waals surface area contributed by atoms with E-state index in [0.29, 0.717) is 12.1 Å². The predicted molar refractivity (Wildman–Crippen MR) is 82.6 cm³/mol. The van der Waals surface area contributed by atoms with Gasteiger partial charge in [0.2, 0.25) is 0 Å². The van der Waals surface area contributed by atoms with E-state index in [1.54, 1.807) is 7.11 Å². The molecule has 0 aromatic heterocycles. The smallest absolute Gasteiger partial charge is 0.0615 e. The molecule has 0 aromatic carbocycles. The van der Waals surface area contributed by atoms with E-state index in [2.05, 4.69) is 38.2 Å². The Balaban J connectivity index is 2.50. The molecule has 0 aromatic rings. The van der Waals surface area contributed by atoms with Crippen molar-refractivity contribution in [2.24, 2.45) is 11.8 Å². The summed E-state index contributed by atoms with van der Waals surface area (Å²) in [4.78, 5) is 2.47. The van der Waals surface area contributed by atoms with Crippen molar-refractivity contribution in [1.82, 2.24) is 10.2 Å². The number of rotatable bonds is 8. The van der Waals surface area contributed by atoms with Crippen LogP contribution >= 0.6 is 0 Å². The lowest BCUT2D eigenvalue weighted by Gasteiger charge is -2.39. The summed E-state index contributed by atoms with van der Waals surface area (Å²) in [7, 11) is 6.15. The van der Waals surface area contributed by atoms with Gasteiger partial charge >= 0.3 is 0 Å². The van der Waals surface area contributed by atoms with Gasteiger partial charge in [-0.2, -0.15) is 0 Å². The molecular formula is C16H34N2O. The molecule has 3 nitrogen and oxygen atoms in total. The van der Waals surface area contributed by atoms with Crippen molar-refractivity contribution in [3.05, 3.63) is 0 Å². The van der Waals surface area contributed by atoms with Gasteiger partial charge in [0.1, 0.15) is 0 Å². The maximum atomic E-state index is 5.27. The first-order chi connectivity index (χ1) is 9.12. The Hall–Kier alpha value is -0.120. The third-order valence-corrected chi connectivity index (χ3v) is 4.84. The van der Waals surface area contributed by atoms with E-state index in [0.717, 1.165) is 18.4 Å². The number of nitrogens with one attached hydrogen (secondary N) is 1. The topological polar surface area (TPSA) is 24.5 Å². The monoisotopic (exact) mass is 270 g/mol. The van der Waals surface area contributed by atoms with Crippen LogP contribution in [-0.2, 0) is 4.74 Å². The summed E-state index contributed by atoms with van der Waals surface area (Å²) < 4.78 is 5.27. The number of ether oxygens (including phenoxy) is 1. The summed E-state index contributed by atoms with van der Waals surface area (Å²) in [6, 6.07) is 1.21. The summed E-state index contributed by atoms with van der Waals surface area (Å²) in [6.45, 7) is 6.58. The van der Waals surface area contributed by atoms with Gasteiger partial charge < -0.3 is 15.0 Å². The second kappa shape index (κ2) is 8.93. The van der Waals surface area contributed by atoms with Gasteiger partial charge in [-0.25, -0.2) is 0 Å². The minimum Gasteiger partial charge on any atom is -0.383 e. The average molecular weight is 270 g/mol. The summed E-state index contributed by atoms with van der Waals surface area (Å²) >= 11 is 0. The molecule has 0 saturated heterocycles. The molecule has 0 amide bonds. The van der Waals surface area contributed by atoms with Crippen LogP contribution in [0, 0.1) is 11.8 Å².